The third-order valence-corrected chi connectivity index (χ3v) is 1.38. The van der Waals surface area contributed by atoms with Gasteiger partial charge in [0.25, 0.3) is 0 Å². The van der Waals surface area contributed by atoms with Crippen LogP contribution in [0.3, 0.4) is 0 Å². The maximum absolute atomic E-state index is 12.1. The Bertz CT molecular complexity index is 185. The van der Waals surface area contributed by atoms with E-state index in [0.717, 1.165) is 6.08 Å². The normalized spacial score (nSPS) is 13.8. The maximum atomic E-state index is 12.1. The Morgan fingerprint density at radius 2 is 2.00 bits per heavy atom. The Hall–Kier alpha value is -0.930. The first-order valence-corrected chi connectivity index (χ1v) is 3.44. The van der Waals surface area contributed by atoms with Gasteiger partial charge in [-0.1, -0.05) is 19.6 Å². The first kappa shape index (κ1) is 11.1. The van der Waals surface area contributed by atoms with Crippen LogP contribution in [0.15, 0.2) is 24.0 Å². The van der Waals surface area contributed by atoms with Crippen molar-refractivity contribution in [2.45, 2.75) is 19.5 Å². The first-order valence-electron chi connectivity index (χ1n) is 3.44. The minimum Gasteiger partial charge on any atom is -0.500 e. The molecule has 0 saturated carbocycles. The van der Waals surface area contributed by atoms with E-state index in [1.54, 1.807) is 6.92 Å². The van der Waals surface area contributed by atoms with Crippen molar-refractivity contribution >= 4 is 0 Å². The maximum Gasteiger partial charge on any atom is 0.419 e. The Labute approximate surface area is 69.5 Å². The van der Waals surface area contributed by atoms with Crippen LogP contribution in [0.1, 0.15) is 13.3 Å². The summed E-state index contributed by atoms with van der Waals surface area (Å²) in [5, 5.41) is 0. The monoisotopic (exact) mass is 180 g/mol. The van der Waals surface area contributed by atoms with Crippen LogP contribution in [0.4, 0.5) is 13.2 Å². The molecule has 70 valence electrons. The molecule has 0 atom stereocenters. The summed E-state index contributed by atoms with van der Waals surface area (Å²) in [6.45, 7) is 4.68. The van der Waals surface area contributed by atoms with Crippen molar-refractivity contribution in [2.75, 3.05) is 7.11 Å². The van der Waals surface area contributed by atoms with Crippen LogP contribution in [0.25, 0.3) is 0 Å². The summed E-state index contributed by atoms with van der Waals surface area (Å²) in [7, 11) is 1.22. The van der Waals surface area contributed by atoms with Crippen LogP contribution in [0.2, 0.25) is 0 Å². The molecule has 0 aliphatic heterocycles. The second kappa shape index (κ2) is 4.18. The van der Waals surface area contributed by atoms with Gasteiger partial charge >= 0.3 is 6.18 Å². The zero-order valence-corrected chi connectivity index (χ0v) is 7.03. The van der Waals surface area contributed by atoms with E-state index >= 15 is 0 Å². The first-order chi connectivity index (χ1) is 5.47. The largest absolute Gasteiger partial charge is 0.500 e. The quantitative estimate of drug-likeness (QED) is 0.479. The number of halogens is 3. The molecular formula is C8H11F3O. The third-order valence-electron chi connectivity index (χ3n) is 1.38. The highest BCUT2D eigenvalue weighted by Crippen LogP contribution is 2.30. The van der Waals surface area contributed by atoms with E-state index in [-0.39, 0.29) is 12.2 Å². The van der Waals surface area contributed by atoms with E-state index in [1.165, 1.54) is 7.11 Å². The number of methoxy groups -OCH3 is 1. The van der Waals surface area contributed by atoms with E-state index in [1.807, 2.05) is 0 Å². The Kier molecular flexibility index (Phi) is 3.86. The molecule has 0 spiro atoms. The zero-order valence-electron chi connectivity index (χ0n) is 7.03. The molecule has 1 nitrogen and oxygen atoms in total. The molecule has 0 N–H and O–H groups in total. The minimum atomic E-state index is -4.37. The fraction of sp³-hybridized carbons (Fsp3) is 0.500. The van der Waals surface area contributed by atoms with Gasteiger partial charge in [-0.15, -0.1) is 0 Å². The van der Waals surface area contributed by atoms with Crippen molar-refractivity contribution in [3.05, 3.63) is 24.0 Å². The molecule has 0 heterocycles. The van der Waals surface area contributed by atoms with Crippen LogP contribution in [0, 0.1) is 0 Å². The summed E-state index contributed by atoms with van der Waals surface area (Å²) >= 11 is 0. The van der Waals surface area contributed by atoms with Crippen LogP contribution in [-0.2, 0) is 4.74 Å². The highest BCUT2D eigenvalue weighted by molar-refractivity contribution is 5.25. The SMILES string of the molecule is C=C/C(=C(\CC)OC)C(F)(F)F. The number of hydrogen-bond donors (Lipinski definition) is 0. The standard InChI is InChI=1S/C8H11F3O/c1-4-6(8(9,10)11)7(5-2)12-3/h4H,1,5H2,2-3H3/b7-6-. The summed E-state index contributed by atoms with van der Waals surface area (Å²) in [4.78, 5) is 0. The van der Waals surface area contributed by atoms with Gasteiger partial charge in [0.2, 0.25) is 0 Å². The van der Waals surface area contributed by atoms with E-state index in [0.29, 0.717) is 0 Å². The summed E-state index contributed by atoms with van der Waals surface area (Å²) in [5.74, 6) is -0.0856. The molecule has 0 fully saturated rings. The van der Waals surface area contributed by atoms with Gasteiger partial charge in [0.05, 0.1) is 12.7 Å². The lowest BCUT2D eigenvalue weighted by molar-refractivity contribution is -0.0914. The minimum absolute atomic E-state index is 0.0856. The van der Waals surface area contributed by atoms with Gasteiger partial charge in [0.15, 0.2) is 0 Å². The Morgan fingerprint density at radius 3 is 2.08 bits per heavy atom. The van der Waals surface area contributed by atoms with E-state index in [9.17, 15) is 13.2 Å². The lowest BCUT2D eigenvalue weighted by Crippen LogP contribution is -2.13. The molecule has 4 heteroatoms. The molecule has 0 aliphatic rings. The molecule has 0 aromatic rings. The lowest BCUT2D eigenvalue weighted by atomic mass is 10.2. The Morgan fingerprint density at radius 1 is 1.50 bits per heavy atom. The van der Waals surface area contributed by atoms with Gasteiger partial charge in [-0.3, -0.25) is 0 Å². The molecule has 0 unspecified atom stereocenters. The second-order valence-electron chi connectivity index (χ2n) is 2.10. The molecule has 0 aromatic carbocycles. The third kappa shape index (κ3) is 2.60. The molecule has 0 saturated heterocycles. The van der Waals surface area contributed by atoms with E-state index in [4.69, 9.17) is 0 Å². The fourth-order valence-corrected chi connectivity index (χ4v) is 0.832. The lowest BCUT2D eigenvalue weighted by Gasteiger charge is -2.12. The van der Waals surface area contributed by atoms with Crippen molar-refractivity contribution in [3.63, 3.8) is 0 Å². The molecular weight excluding hydrogens is 169 g/mol. The molecule has 0 amide bonds. The molecule has 0 aliphatic carbocycles. The number of ether oxygens (including phenoxy) is 1. The number of alkyl halides is 3. The van der Waals surface area contributed by atoms with Crippen LogP contribution in [0.5, 0.6) is 0 Å². The number of allylic oxidation sites excluding steroid dienone is 3. The van der Waals surface area contributed by atoms with Gasteiger partial charge in [-0.25, -0.2) is 0 Å². The van der Waals surface area contributed by atoms with Gasteiger partial charge < -0.3 is 4.74 Å². The summed E-state index contributed by atoms with van der Waals surface area (Å²) < 4.78 is 41.0. The molecule has 12 heavy (non-hydrogen) atoms. The molecule has 0 rings (SSSR count). The predicted molar refractivity (Wildman–Crippen MR) is 40.6 cm³/mol. The summed E-state index contributed by atoms with van der Waals surface area (Å²) in [5.41, 5.74) is -0.799. The van der Waals surface area contributed by atoms with Crippen LogP contribution in [-0.4, -0.2) is 13.3 Å². The van der Waals surface area contributed by atoms with Crippen molar-refractivity contribution in [1.29, 1.82) is 0 Å². The van der Waals surface area contributed by atoms with E-state index < -0.39 is 11.7 Å². The average molecular weight is 180 g/mol. The topological polar surface area (TPSA) is 9.23 Å². The average Bonchev–Trinajstić information content (AvgIpc) is 1.97. The van der Waals surface area contributed by atoms with E-state index in [2.05, 4.69) is 11.3 Å². The van der Waals surface area contributed by atoms with Crippen LogP contribution < -0.4 is 0 Å². The van der Waals surface area contributed by atoms with Crippen molar-refractivity contribution in [2.24, 2.45) is 0 Å². The van der Waals surface area contributed by atoms with Gasteiger partial charge in [0.1, 0.15) is 5.76 Å². The van der Waals surface area contributed by atoms with Crippen molar-refractivity contribution < 1.29 is 17.9 Å². The second-order valence-corrected chi connectivity index (χ2v) is 2.10. The van der Waals surface area contributed by atoms with Gasteiger partial charge in [0, 0.05) is 6.42 Å². The number of hydrogen-bond acceptors (Lipinski definition) is 1. The summed E-state index contributed by atoms with van der Waals surface area (Å²) in [6.07, 6.45) is -3.40. The predicted octanol–water partition coefficient (Wildman–Crippen LogP) is 3.05. The fourth-order valence-electron chi connectivity index (χ4n) is 0.832. The zero-order chi connectivity index (χ0) is 9.78. The van der Waals surface area contributed by atoms with Crippen molar-refractivity contribution in [1.82, 2.24) is 0 Å². The Balaban J connectivity index is 4.95. The molecule has 0 radical (unpaired) electrons. The number of rotatable bonds is 3. The molecule has 0 bridgehead atoms. The highest BCUT2D eigenvalue weighted by Gasteiger charge is 2.34. The van der Waals surface area contributed by atoms with Gasteiger partial charge in [-0.05, 0) is 0 Å². The smallest absolute Gasteiger partial charge is 0.419 e. The van der Waals surface area contributed by atoms with Crippen molar-refractivity contribution in [3.8, 4) is 0 Å². The summed E-state index contributed by atoms with van der Waals surface area (Å²) in [6, 6.07) is 0. The van der Waals surface area contributed by atoms with Gasteiger partial charge in [-0.2, -0.15) is 13.2 Å². The van der Waals surface area contributed by atoms with Crippen LogP contribution >= 0.6 is 0 Å². The molecule has 0 aromatic heterocycles. The highest BCUT2D eigenvalue weighted by atomic mass is 19.4.